The highest BCUT2D eigenvalue weighted by atomic mass is 32.1. The Morgan fingerprint density at radius 3 is 2.91 bits per heavy atom. The van der Waals surface area contributed by atoms with Gasteiger partial charge in [0.1, 0.15) is 0 Å². The highest BCUT2D eigenvalue weighted by molar-refractivity contribution is 7.12. The van der Waals surface area contributed by atoms with Gasteiger partial charge in [-0.2, -0.15) is 0 Å². The minimum absolute atomic E-state index is 0.911. The van der Waals surface area contributed by atoms with Crippen molar-refractivity contribution in [3.05, 3.63) is 28.4 Å². The van der Waals surface area contributed by atoms with E-state index >= 15 is 0 Å². The SMILES string of the molecule is C=Cc1nc(C)sc1/C=C\N. The Bertz CT molecular complexity index is 286. The lowest BCUT2D eigenvalue weighted by molar-refractivity contribution is 1.27. The largest absolute Gasteiger partial charge is 0.405 e. The number of nitrogens with two attached hydrogens (primary N) is 1. The van der Waals surface area contributed by atoms with Gasteiger partial charge in [-0.25, -0.2) is 4.98 Å². The van der Waals surface area contributed by atoms with Crippen LogP contribution in [0.2, 0.25) is 0 Å². The zero-order chi connectivity index (χ0) is 8.27. The first-order valence-corrected chi connectivity index (χ1v) is 4.07. The van der Waals surface area contributed by atoms with Crippen LogP contribution in [0.25, 0.3) is 12.2 Å². The number of aryl methyl sites for hydroxylation is 1. The molecule has 0 atom stereocenters. The second-order valence-electron chi connectivity index (χ2n) is 2.05. The van der Waals surface area contributed by atoms with Crippen molar-refractivity contribution in [2.45, 2.75) is 6.92 Å². The van der Waals surface area contributed by atoms with Gasteiger partial charge in [0.25, 0.3) is 0 Å². The molecule has 0 aliphatic heterocycles. The lowest BCUT2D eigenvalue weighted by Gasteiger charge is -1.84. The van der Waals surface area contributed by atoms with Crippen molar-refractivity contribution >= 4 is 23.5 Å². The van der Waals surface area contributed by atoms with Crippen molar-refractivity contribution in [1.82, 2.24) is 4.98 Å². The molecule has 0 aromatic carbocycles. The molecule has 0 saturated carbocycles. The molecule has 0 spiro atoms. The Morgan fingerprint density at radius 2 is 2.36 bits per heavy atom. The number of rotatable bonds is 2. The molecule has 3 heteroatoms. The summed E-state index contributed by atoms with van der Waals surface area (Å²) < 4.78 is 0. The summed E-state index contributed by atoms with van der Waals surface area (Å²) in [5.41, 5.74) is 6.17. The fourth-order valence-corrected chi connectivity index (χ4v) is 1.65. The normalized spacial score (nSPS) is 10.6. The fourth-order valence-electron chi connectivity index (χ4n) is 0.812. The summed E-state index contributed by atoms with van der Waals surface area (Å²) in [7, 11) is 0. The highest BCUT2D eigenvalue weighted by Gasteiger charge is 2.00. The van der Waals surface area contributed by atoms with E-state index in [0.717, 1.165) is 15.6 Å². The van der Waals surface area contributed by atoms with Crippen LogP contribution in [-0.2, 0) is 0 Å². The van der Waals surface area contributed by atoms with Gasteiger partial charge in [-0.3, -0.25) is 0 Å². The van der Waals surface area contributed by atoms with Gasteiger partial charge in [-0.05, 0) is 25.3 Å². The lowest BCUT2D eigenvalue weighted by Crippen LogP contribution is -1.77. The molecular weight excluding hydrogens is 156 g/mol. The third-order valence-electron chi connectivity index (χ3n) is 1.23. The van der Waals surface area contributed by atoms with Crippen molar-refractivity contribution in [1.29, 1.82) is 0 Å². The van der Waals surface area contributed by atoms with Crippen LogP contribution >= 0.6 is 11.3 Å². The topological polar surface area (TPSA) is 38.9 Å². The molecule has 1 aromatic heterocycles. The van der Waals surface area contributed by atoms with E-state index in [0.29, 0.717) is 0 Å². The van der Waals surface area contributed by atoms with Crippen LogP contribution in [0.4, 0.5) is 0 Å². The average molecular weight is 166 g/mol. The van der Waals surface area contributed by atoms with Gasteiger partial charge in [0, 0.05) is 0 Å². The van der Waals surface area contributed by atoms with Crippen LogP contribution in [0.1, 0.15) is 15.6 Å². The van der Waals surface area contributed by atoms with Crippen LogP contribution < -0.4 is 5.73 Å². The van der Waals surface area contributed by atoms with Crippen molar-refractivity contribution in [2.24, 2.45) is 5.73 Å². The minimum Gasteiger partial charge on any atom is -0.405 e. The molecule has 0 saturated heterocycles. The first-order chi connectivity index (χ1) is 5.27. The van der Waals surface area contributed by atoms with E-state index in [-0.39, 0.29) is 0 Å². The van der Waals surface area contributed by atoms with Crippen LogP contribution in [0.5, 0.6) is 0 Å². The van der Waals surface area contributed by atoms with Crippen molar-refractivity contribution < 1.29 is 0 Å². The van der Waals surface area contributed by atoms with Gasteiger partial charge in [-0.1, -0.05) is 6.58 Å². The summed E-state index contributed by atoms with van der Waals surface area (Å²) in [4.78, 5) is 5.31. The summed E-state index contributed by atoms with van der Waals surface area (Å²) in [6.07, 6.45) is 5.08. The molecule has 0 radical (unpaired) electrons. The smallest absolute Gasteiger partial charge is 0.0907 e. The molecule has 1 aromatic rings. The predicted octanol–water partition coefficient (Wildman–Crippen LogP) is 2.02. The summed E-state index contributed by atoms with van der Waals surface area (Å²) in [6.45, 7) is 5.62. The number of hydrogen-bond acceptors (Lipinski definition) is 3. The lowest BCUT2D eigenvalue weighted by atomic mass is 10.3. The monoisotopic (exact) mass is 166 g/mol. The molecule has 2 N–H and O–H groups in total. The molecular formula is C8H10N2S. The van der Waals surface area contributed by atoms with E-state index in [9.17, 15) is 0 Å². The minimum atomic E-state index is 0.911. The molecule has 0 fully saturated rings. The quantitative estimate of drug-likeness (QED) is 0.730. The molecule has 0 bridgehead atoms. The van der Waals surface area contributed by atoms with Gasteiger partial charge in [0.05, 0.1) is 15.6 Å². The van der Waals surface area contributed by atoms with E-state index in [1.165, 1.54) is 6.20 Å². The maximum absolute atomic E-state index is 5.26. The summed E-state index contributed by atoms with van der Waals surface area (Å²) in [6, 6.07) is 0. The van der Waals surface area contributed by atoms with E-state index < -0.39 is 0 Å². The Morgan fingerprint density at radius 1 is 1.64 bits per heavy atom. The standard InChI is InChI=1S/C8H10N2S/c1-3-7-8(4-5-9)11-6(2)10-7/h3-5H,1,9H2,2H3/b5-4-. The summed E-state index contributed by atoms with van der Waals surface area (Å²) in [5.74, 6) is 0. The second kappa shape index (κ2) is 3.34. The third-order valence-corrected chi connectivity index (χ3v) is 2.18. The first kappa shape index (κ1) is 8.01. The van der Waals surface area contributed by atoms with Crippen LogP contribution in [-0.4, -0.2) is 4.98 Å². The van der Waals surface area contributed by atoms with Gasteiger partial charge in [0.2, 0.25) is 0 Å². The Labute approximate surface area is 70.1 Å². The molecule has 0 aliphatic rings. The molecule has 0 amide bonds. The van der Waals surface area contributed by atoms with E-state index in [1.807, 2.05) is 13.0 Å². The number of thiazole rings is 1. The molecule has 11 heavy (non-hydrogen) atoms. The Kier molecular flexibility index (Phi) is 2.44. The van der Waals surface area contributed by atoms with Gasteiger partial charge in [-0.15, -0.1) is 11.3 Å². The maximum atomic E-state index is 5.26. The zero-order valence-electron chi connectivity index (χ0n) is 6.37. The molecule has 58 valence electrons. The highest BCUT2D eigenvalue weighted by Crippen LogP contribution is 2.19. The van der Waals surface area contributed by atoms with Crippen molar-refractivity contribution in [2.75, 3.05) is 0 Å². The maximum Gasteiger partial charge on any atom is 0.0907 e. The molecule has 1 rings (SSSR count). The Hall–Kier alpha value is -1.09. The summed E-state index contributed by atoms with van der Waals surface area (Å²) >= 11 is 1.61. The number of hydrogen-bond donors (Lipinski definition) is 1. The van der Waals surface area contributed by atoms with Crippen LogP contribution in [0, 0.1) is 6.92 Å². The second-order valence-corrected chi connectivity index (χ2v) is 3.28. The molecule has 0 aliphatic carbocycles. The van der Waals surface area contributed by atoms with Crippen molar-refractivity contribution in [3.8, 4) is 0 Å². The summed E-state index contributed by atoms with van der Waals surface area (Å²) in [5, 5.41) is 1.04. The van der Waals surface area contributed by atoms with E-state index in [1.54, 1.807) is 17.4 Å². The number of aromatic nitrogens is 1. The average Bonchev–Trinajstić information content (AvgIpc) is 2.32. The van der Waals surface area contributed by atoms with E-state index in [2.05, 4.69) is 11.6 Å². The van der Waals surface area contributed by atoms with E-state index in [4.69, 9.17) is 5.73 Å². The molecule has 1 heterocycles. The van der Waals surface area contributed by atoms with Crippen molar-refractivity contribution in [3.63, 3.8) is 0 Å². The van der Waals surface area contributed by atoms with Crippen LogP contribution in [0.3, 0.4) is 0 Å². The van der Waals surface area contributed by atoms with Gasteiger partial charge >= 0.3 is 0 Å². The first-order valence-electron chi connectivity index (χ1n) is 3.26. The Balaban J connectivity index is 3.11. The van der Waals surface area contributed by atoms with Crippen LogP contribution in [0.15, 0.2) is 12.8 Å². The third kappa shape index (κ3) is 1.68. The van der Waals surface area contributed by atoms with Gasteiger partial charge in [0.15, 0.2) is 0 Å². The predicted molar refractivity (Wildman–Crippen MR) is 50.2 cm³/mol. The molecule has 2 nitrogen and oxygen atoms in total. The zero-order valence-corrected chi connectivity index (χ0v) is 7.19. The van der Waals surface area contributed by atoms with Gasteiger partial charge < -0.3 is 5.73 Å². The molecule has 0 unspecified atom stereocenters. The number of nitrogens with zero attached hydrogens (tertiary/aromatic N) is 1. The fraction of sp³-hybridized carbons (Fsp3) is 0.125.